The maximum atomic E-state index is 6.01. The number of hydrogen-bond donors (Lipinski definition) is 1. The molecule has 0 aromatic heterocycles. The predicted molar refractivity (Wildman–Crippen MR) is 64.9 cm³/mol. The van der Waals surface area contributed by atoms with E-state index in [1.807, 2.05) is 19.2 Å². The molecule has 0 unspecified atom stereocenters. The molecule has 2 nitrogen and oxygen atoms in total. The molecule has 0 spiro atoms. The van der Waals surface area contributed by atoms with Crippen molar-refractivity contribution < 1.29 is 4.74 Å². The van der Waals surface area contributed by atoms with Crippen LogP contribution in [-0.2, 0) is 11.2 Å². The Morgan fingerprint density at radius 3 is 2.80 bits per heavy atom. The summed E-state index contributed by atoms with van der Waals surface area (Å²) < 4.78 is 5.41. The lowest BCUT2D eigenvalue weighted by Gasteiger charge is -2.06. The van der Waals surface area contributed by atoms with Gasteiger partial charge in [-0.05, 0) is 37.2 Å². The molecule has 0 aliphatic rings. The van der Waals surface area contributed by atoms with E-state index in [2.05, 4.69) is 5.32 Å². The fourth-order valence-corrected chi connectivity index (χ4v) is 1.60. The Bertz CT molecular complexity index is 305. The van der Waals surface area contributed by atoms with Gasteiger partial charge in [0.15, 0.2) is 0 Å². The maximum Gasteiger partial charge on any atom is 0.0590 e. The second-order valence-corrected chi connectivity index (χ2v) is 4.05. The SMILES string of the molecule is CNCCOCCc1cc(Cl)ccc1Cl. The lowest BCUT2D eigenvalue weighted by molar-refractivity contribution is 0.140. The van der Waals surface area contributed by atoms with Crippen molar-refractivity contribution in [3.05, 3.63) is 33.8 Å². The minimum Gasteiger partial charge on any atom is -0.380 e. The van der Waals surface area contributed by atoms with Crippen LogP contribution in [0.25, 0.3) is 0 Å². The number of benzene rings is 1. The Morgan fingerprint density at radius 2 is 2.07 bits per heavy atom. The molecule has 1 N–H and O–H groups in total. The van der Waals surface area contributed by atoms with E-state index in [9.17, 15) is 0 Å². The van der Waals surface area contributed by atoms with E-state index in [1.54, 1.807) is 6.07 Å². The Balaban J connectivity index is 2.33. The lowest BCUT2D eigenvalue weighted by Crippen LogP contribution is -2.15. The van der Waals surface area contributed by atoms with Crippen molar-refractivity contribution in [3.63, 3.8) is 0 Å². The minimum absolute atomic E-state index is 0.668. The highest BCUT2D eigenvalue weighted by Crippen LogP contribution is 2.20. The number of nitrogens with one attached hydrogen (secondary N) is 1. The van der Waals surface area contributed by atoms with E-state index < -0.39 is 0 Å². The summed E-state index contributed by atoms with van der Waals surface area (Å²) in [6.45, 7) is 2.25. The number of ether oxygens (including phenoxy) is 1. The van der Waals surface area contributed by atoms with Crippen molar-refractivity contribution in [1.29, 1.82) is 0 Å². The van der Waals surface area contributed by atoms with Gasteiger partial charge in [-0.3, -0.25) is 0 Å². The van der Waals surface area contributed by atoms with E-state index in [0.29, 0.717) is 18.2 Å². The van der Waals surface area contributed by atoms with E-state index in [1.165, 1.54) is 0 Å². The van der Waals surface area contributed by atoms with Gasteiger partial charge >= 0.3 is 0 Å². The molecular formula is C11H15Cl2NO. The molecule has 1 aromatic carbocycles. The van der Waals surface area contributed by atoms with Crippen LogP contribution in [-0.4, -0.2) is 26.8 Å². The summed E-state index contributed by atoms with van der Waals surface area (Å²) in [5, 5.41) is 4.47. The molecule has 1 rings (SSSR count). The van der Waals surface area contributed by atoms with E-state index in [0.717, 1.165) is 23.6 Å². The van der Waals surface area contributed by atoms with E-state index in [-0.39, 0.29) is 0 Å². The van der Waals surface area contributed by atoms with Crippen LogP contribution in [0.5, 0.6) is 0 Å². The molecule has 0 fully saturated rings. The minimum atomic E-state index is 0.668. The summed E-state index contributed by atoms with van der Waals surface area (Å²) in [6.07, 6.45) is 0.795. The Hall–Kier alpha value is -0.280. The molecule has 1 aromatic rings. The third-order valence-electron chi connectivity index (χ3n) is 2.02. The quantitative estimate of drug-likeness (QED) is 0.781. The number of halogens is 2. The van der Waals surface area contributed by atoms with Crippen LogP contribution in [0.3, 0.4) is 0 Å². The van der Waals surface area contributed by atoms with Crippen LogP contribution in [0.4, 0.5) is 0 Å². The van der Waals surface area contributed by atoms with Crippen molar-refractivity contribution in [2.45, 2.75) is 6.42 Å². The molecule has 84 valence electrons. The number of likely N-dealkylation sites (N-methyl/N-ethyl adjacent to an activating group) is 1. The van der Waals surface area contributed by atoms with Crippen LogP contribution in [0.15, 0.2) is 18.2 Å². The maximum absolute atomic E-state index is 6.01. The van der Waals surface area contributed by atoms with Crippen LogP contribution < -0.4 is 5.32 Å². The van der Waals surface area contributed by atoms with Gasteiger partial charge in [-0.15, -0.1) is 0 Å². The highest BCUT2D eigenvalue weighted by Gasteiger charge is 2.01. The van der Waals surface area contributed by atoms with Gasteiger partial charge in [-0.25, -0.2) is 0 Å². The Kier molecular flexibility index (Phi) is 6.03. The van der Waals surface area contributed by atoms with Crippen molar-refractivity contribution in [2.24, 2.45) is 0 Å². The Morgan fingerprint density at radius 1 is 1.27 bits per heavy atom. The Labute approximate surface area is 101 Å². The summed E-state index contributed by atoms with van der Waals surface area (Å²) in [6, 6.07) is 5.48. The lowest BCUT2D eigenvalue weighted by atomic mass is 10.2. The van der Waals surface area contributed by atoms with Gasteiger partial charge in [0.25, 0.3) is 0 Å². The van der Waals surface area contributed by atoms with Crippen LogP contribution in [0.2, 0.25) is 10.0 Å². The van der Waals surface area contributed by atoms with Gasteiger partial charge < -0.3 is 10.1 Å². The molecule has 0 aliphatic heterocycles. The normalized spacial score (nSPS) is 10.6. The summed E-state index contributed by atoms with van der Waals surface area (Å²) >= 11 is 11.9. The first-order valence-corrected chi connectivity index (χ1v) is 5.66. The average molecular weight is 248 g/mol. The van der Waals surface area contributed by atoms with Crippen LogP contribution >= 0.6 is 23.2 Å². The first-order chi connectivity index (χ1) is 7.24. The molecule has 0 heterocycles. The molecule has 0 amide bonds. The molecule has 4 heteroatoms. The third-order valence-corrected chi connectivity index (χ3v) is 2.62. The highest BCUT2D eigenvalue weighted by molar-refractivity contribution is 6.33. The smallest absolute Gasteiger partial charge is 0.0590 e. The predicted octanol–water partition coefficient (Wildman–Crippen LogP) is 2.77. The zero-order chi connectivity index (χ0) is 11.1. The van der Waals surface area contributed by atoms with Crippen molar-refractivity contribution in [1.82, 2.24) is 5.32 Å². The van der Waals surface area contributed by atoms with Crippen molar-refractivity contribution in [2.75, 3.05) is 26.8 Å². The summed E-state index contributed by atoms with van der Waals surface area (Å²) in [5.41, 5.74) is 1.04. The molecule has 0 radical (unpaired) electrons. The molecule has 0 saturated carbocycles. The van der Waals surface area contributed by atoms with Gasteiger partial charge in [0.1, 0.15) is 0 Å². The fraction of sp³-hybridized carbons (Fsp3) is 0.455. The number of rotatable bonds is 6. The van der Waals surface area contributed by atoms with Gasteiger partial charge in [-0.2, -0.15) is 0 Å². The second kappa shape index (κ2) is 7.07. The molecule has 0 saturated heterocycles. The van der Waals surface area contributed by atoms with Gasteiger partial charge in [0, 0.05) is 16.6 Å². The second-order valence-electron chi connectivity index (χ2n) is 3.20. The van der Waals surface area contributed by atoms with E-state index in [4.69, 9.17) is 27.9 Å². The zero-order valence-corrected chi connectivity index (χ0v) is 10.2. The summed E-state index contributed by atoms with van der Waals surface area (Å²) in [7, 11) is 1.90. The third kappa shape index (κ3) is 4.85. The molecule has 15 heavy (non-hydrogen) atoms. The molecule has 0 aliphatic carbocycles. The van der Waals surface area contributed by atoms with Gasteiger partial charge in [0.2, 0.25) is 0 Å². The van der Waals surface area contributed by atoms with Gasteiger partial charge in [0.05, 0.1) is 13.2 Å². The molecular weight excluding hydrogens is 233 g/mol. The van der Waals surface area contributed by atoms with Crippen molar-refractivity contribution >= 4 is 23.2 Å². The average Bonchev–Trinajstić information content (AvgIpc) is 2.23. The summed E-state index contributed by atoms with van der Waals surface area (Å²) in [4.78, 5) is 0. The summed E-state index contributed by atoms with van der Waals surface area (Å²) in [5.74, 6) is 0. The van der Waals surface area contributed by atoms with Crippen molar-refractivity contribution in [3.8, 4) is 0 Å². The first-order valence-electron chi connectivity index (χ1n) is 4.90. The first kappa shape index (κ1) is 12.8. The van der Waals surface area contributed by atoms with E-state index >= 15 is 0 Å². The largest absolute Gasteiger partial charge is 0.380 e. The standard InChI is InChI=1S/C11H15Cl2NO/c1-14-5-7-15-6-4-9-8-10(12)2-3-11(9)13/h2-3,8,14H,4-7H2,1H3. The topological polar surface area (TPSA) is 21.3 Å². The fourth-order valence-electron chi connectivity index (χ4n) is 1.19. The monoisotopic (exact) mass is 247 g/mol. The van der Waals surface area contributed by atoms with Gasteiger partial charge in [-0.1, -0.05) is 23.2 Å². The highest BCUT2D eigenvalue weighted by atomic mass is 35.5. The van der Waals surface area contributed by atoms with Crippen LogP contribution in [0.1, 0.15) is 5.56 Å². The molecule has 0 bridgehead atoms. The zero-order valence-electron chi connectivity index (χ0n) is 8.72. The molecule has 0 atom stereocenters. The number of hydrogen-bond acceptors (Lipinski definition) is 2. The van der Waals surface area contributed by atoms with Crippen LogP contribution in [0, 0.1) is 0 Å².